The van der Waals surface area contributed by atoms with E-state index >= 15 is 0 Å². The van der Waals surface area contributed by atoms with Crippen molar-refractivity contribution in [2.45, 2.75) is 71.3 Å². The van der Waals surface area contributed by atoms with Gasteiger partial charge in [0.2, 0.25) is 0 Å². The molecule has 2 N–H and O–H groups in total. The maximum absolute atomic E-state index is 12.5. The topological polar surface area (TPSA) is 64.9 Å². The van der Waals surface area contributed by atoms with Gasteiger partial charge in [0, 0.05) is 12.7 Å². The Morgan fingerprint density at radius 3 is 2.69 bits per heavy atom. The minimum atomic E-state index is -0.305. The van der Waals surface area contributed by atoms with Crippen molar-refractivity contribution in [1.29, 1.82) is 5.26 Å². The average Bonchev–Trinajstić information content (AvgIpc) is 2.68. The maximum Gasteiger partial charge on any atom is 0.263 e. The van der Waals surface area contributed by atoms with Crippen molar-refractivity contribution in [3.05, 3.63) is 46.7 Å². The Balaban J connectivity index is 2.00. The van der Waals surface area contributed by atoms with Crippen LogP contribution in [0.5, 0.6) is 0 Å². The summed E-state index contributed by atoms with van der Waals surface area (Å²) in [7, 11) is 0. The molecule has 0 aliphatic heterocycles. The molecule has 0 spiro atoms. The van der Waals surface area contributed by atoms with E-state index in [9.17, 15) is 10.1 Å². The molecule has 1 aliphatic rings. The molecule has 0 radical (unpaired) electrons. The first-order chi connectivity index (χ1) is 12.7. The number of rotatable bonds is 9. The van der Waals surface area contributed by atoms with Crippen molar-refractivity contribution < 1.29 is 4.79 Å². The van der Waals surface area contributed by atoms with Crippen LogP contribution in [0.3, 0.4) is 0 Å². The first-order valence-corrected chi connectivity index (χ1v) is 9.95. The van der Waals surface area contributed by atoms with Crippen molar-refractivity contribution in [3.8, 4) is 6.07 Å². The van der Waals surface area contributed by atoms with Crippen LogP contribution in [-0.2, 0) is 17.6 Å². The molecular weight excluding hydrogens is 322 g/mol. The zero-order valence-electron chi connectivity index (χ0n) is 16.1. The van der Waals surface area contributed by atoms with Gasteiger partial charge < -0.3 is 10.6 Å². The summed E-state index contributed by atoms with van der Waals surface area (Å²) in [5, 5.41) is 15.4. The van der Waals surface area contributed by atoms with Gasteiger partial charge in [0.05, 0.1) is 6.04 Å². The van der Waals surface area contributed by atoms with Gasteiger partial charge in [-0.25, -0.2) is 0 Å². The van der Waals surface area contributed by atoms with E-state index in [2.05, 4.69) is 42.7 Å². The summed E-state index contributed by atoms with van der Waals surface area (Å²) in [5.41, 5.74) is 4.12. The van der Waals surface area contributed by atoms with Gasteiger partial charge >= 0.3 is 0 Å². The molecule has 1 atom stereocenters. The van der Waals surface area contributed by atoms with Gasteiger partial charge in [-0.2, -0.15) is 5.26 Å². The van der Waals surface area contributed by atoms with Crippen LogP contribution in [0, 0.1) is 11.3 Å². The third kappa shape index (κ3) is 5.62. The summed E-state index contributed by atoms with van der Waals surface area (Å²) in [6.07, 6.45) is 10.5. The van der Waals surface area contributed by atoms with Crippen molar-refractivity contribution >= 4 is 5.91 Å². The van der Waals surface area contributed by atoms with Crippen molar-refractivity contribution in [3.63, 3.8) is 0 Å². The van der Waals surface area contributed by atoms with E-state index in [0.717, 1.165) is 50.6 Å². The smallest absolute Gasteiger partial charge is 0.263 e. The van der Waals surface area contributed by atoms with Gasteiger partial charge in [0.15, 0.2) is 0 Å². The highest BCUT2D eigenvalue weighted by molar-refractivity contribution is 5.97. The van der Waals surface area contributed by atoms with Crippen LogP contribution < -0.4 is 10.6 Å². The largest absolute Gasteiger partial charge is 0.390 e. The van der Waals surface area contributed by atoms with Crippen LogP contribution in [0.15, 0.2) is 30.0 Å². The lowest BCUT2D eigenvalue weighted by Crippen LogP contribution is -2.30. The minimum absolute atomic E-state index is 0.0634. The van der Waals surface area contributed by atoms with Gasteiger partial charge in [0.1, 0.15) is 11.6 Å². The van der Waals surface area contributed by atoms with Gasteiger partial charge in [-0.05, 0) is 55.2 Å². The highest BCUT2D eigenvalue weighted by Gasteiger charge is 2.18. The molecule has 1 unspecified atom stereocenters. The standard InChI is InChI=1S/C22H31N3O/c1-3-5-8-13-24-16-20(15-23)22(26)25-21(4-2)19-12-11-17-9-6-7-10-18(17)14-19/h11-12,14,16,21,24H,3-10,13H2,1-2H3,(H,25,26)/b20-16-. The van der Waals surface area contributed by atoms with Crippen molar-refractivity contribution in [2.75, 3.05) is 6.54 Å². The number of benzene rings is 1. The number of carbonyl (C=O) groups is 1. The molecule has 4 heteroatoms. The van der Waals surface area contributed by atoms with Crippen molar-refractivity contribution in [2.24, 2.45) is 0 Å². The van der Waals surface area contributed by atoms with Gasteiger partial charge in [0.25, 0.3) is 5.91 Å². The number of hydrogen-bond donors (Lipinski definition) is 2. The van der Waals surface area contributed by atoms with E-state index in [1.807, 2.05) is 6.07 Å². The second-order valence-corrected chi connectivity index (χ2v) is 7.00. The SMILES string of the molecule is CCCCCN/C=C(/C#N)C(=O)NC(CC)c1ccc2c(c1)CCCC2. The van der Waals surface area contributed by atoms with Crippen LogP contribution in [-0.4, -0.2) is 12.5 Å². The number of nitrogens with one attached hydrogen (secondary N) is 2. The molecule has 140 valence electrons. The molecule has 1 aliphatic carbocycles. The molecule has 1 aromatic rings. The molecule has 0 saturated carbocycles. The third-order valence-corrected chi connectivity index (χ3v) is 5.02. The molecule has 0 bridgehead atoms. The number of nitrogens with zero attached hydrogens (tertiary/aromatic N) is 1. The molecule has 2 rings (SSSR count). The van der Waals surface area contributed by atoms with Crippen LogP contribution in [0.4, 0.5) is 0 Å². The second kappa shape index (κ2) is 10.7. The fraction of sp³-hybridized carbons (Fsp3) is 0.545. The first kappa shape index (κ1) is 20.0. The number of aryl methyl sites for hydroxylation is 2. The number of hydrogen-bond acceptors (Lipinski definition) is 3. The highest BCUT2D eigenvalue weighted by Crippen LogP contribution is 2.26. The molecule has 4 nitrogen and oxygen atoms in total. The van der Waals surface area contributed by atoms with Gasteiger partial charge in [-0.3, -0.25) is 4.79 Å². The molecular formula is C22H31N3O. The van der Waals surface area contributed by atoms with Crippen LogP contribution in [0.25, 0.3) is 0 Å². The van der Waals surface area contributed by atoms with Gasteiger partial charge in [-0.15, -0.1) is 0 Å². The highest BCUT2D eigenvalue weighted by atomic mass is 16.1. The maximum atomic E-state index is 12.5. The Bertz CT molecular complexity index is 672. The summed E-state index contributed by atoms with van der Waals surface area (Å²) >= 11 is 0. The fourth-order valence-electron chi connectivity index (χ4n) is 3.43. The quantitative estimate of drug-likeness (QED) is 0.395. The summed E-state index contributed by atoms with van der Waals surface area (Å²) in [6.45, 7) is 4.99. The molecule has 26 heavy (non-hydrogen) atoms. The van der Waals surface area contributed by atoms with E-state index < -0.39 is 0 Å². The van der Waals surface area contributed by atoms with Crippen LogP contribution in [0.2, 0.25) is 0 Å². The summed E-state index contributed by atoms with van der Waals surface area (Å²) in [5.74, 6) is -0.305. The lowest BCUT2D eigenvalue weighted by Gasteiger charge is -2.21. The Kier molecular flexibility index (Phi) is 8.21. The Labute approximate surface area is 157 Å². The molecule has 1 aromatic carbocycles. The van der Waals surface area contributed by atoms with Crippen LogP contribution in [0.1, 0.15) is 75.1 Å². The lowest BCUT2D eigenvalue weighted by molar-refractivity contribution is -0.117. The normalized spacial score (nSPS) is 14.9. The second-order valence-electron chi connectivity index (χ2n) is 7.00. The predicted molar refractivity (Wildman–Crippen MR) is 105 cm³/mol. The van der Waals surface area contributed by atoms with Crippen molar-refractivity contribution in [1.82, 2.24) is 10.6 Å². The first-order valence-electron chi connectivity index (χ1n) is 9.95. The third-order valence-electron chi connectivity index (χ3n) is 5.02. The summed E-state index contributed by atoms with van der Waals surface area (Å²) in [6, 6.07) is 8.51. The molecule has 0 saturated heterocycles. The monoisotopic (exact) mass is 353 g/mol. The number of unbranched alkanes of at least 4 members (excludes halogenated alkanes) is 2. The number of amides is 1. The van der Waals surface area contributed by atoms with E-state index in [4.69, 9.17) is 0 Å². The Morgan fingerprint density at radius 1 is 1.23 bits per heavy atom. The van der Waals surface area contributed by atoms with E-state index in [0.29, 0.717) is 0 Å². The Hall–Kier alpha value is -2.28. The van der Waals surface area contributed by atoms with E-state index in [1.54, 1.807) is 6.20 Å². The zero-order valence-corrected chi connectivity index (χ0v) is 16.1. The predicted octanol–water partition coefficient (Wildman–Crippen LogP) is 4.32. The van der Waals surface area contributed by atoms with E-state index in [-0.39, 0.29) is 17.5 Å². The summed E-state index contributed by atoms with van der Waals surface area (Å²) < 4.78 is 0. The van der Waals surface area contributed by atoms with Gasteiger partial charge in [-0.1, -0.05) is 44.9 Å². The van der Waals surface area contributed by atoms with E-state index in [1.165, 1.54) is 24.0 Å². The molecule has 0 heterocycles. The lowest BCUT2D eigenvalue weighted by atomic mass is 9.88. The average molecular weight is 354 g/mol. The number of fused-ring (bicyclic) bond motifs is 1. The summed E-state index contributed by atoms with van der Waals surface area (Å²) in [4.78, 5) is 12.5. The number of nitriles is 1. The van der Waals surface area contributed by atoms with Crippen LogP contribution >= 0.6 is 0 Å². The molecule has 0 aromatic heterocycles. The number of carbonyl (C=O) groups excluding carboxylic acids is 1. The minimum Gasteiger partial charge on any atom is -0.390 e. The molecule has 0 fully saturated rings. The fourth-order valence-corrected chi connectivity index (χ4v) is 3.43. The molecule has 1 amide bonds. The zero-order chi connectivity index (χ0) is 18.8. The Morgan fingerprint density at radius 2 is 2.00 bits per heavy atom.